The fourth-order valence-corrected chi connectivity index (χ4v) is 2.74. The van der Waals surface area contributed by atoms with E-state index in [0.717, 1.165) is 11.3 Å². The lowest BCUT2D eigenvalue weighted by atomic mass is 10.1. The predicted molar refractivity (Wildman–Crippen MR) is 83.7 cm³/mol. The second-order valence-corrected chi connectivity index (χ2v) is 5.37. The monoisotopic (exact) mass is 308 g/mol. The molecule has 0 aliphatic rings. The summed E-state index contributed by atoms with van der Waals surface area (Å²) in [7, 11) is 0. The molecule has 0 radical (unpaired) electrons. The molecule has 0 saturated carbocycles. The first-order chi connectivity index (χ1) is 10.8. The molecule has 0 spiro atoms. The van der Waals surface area contributed by atoms with E-state index in [-0.39, 0.29) is 5.91 Å². The third-order valence-corrected chi connectivity index (χ3v) is 3.86. The maximum absolute atomic E-state index is 12.3. The number of nitriles is 1. The van der Waals surface area contributed by atoms with Crippen LogP contribution in [0.5, 0.6) is 0 Å². The average Bonchev–Trinajstić information content (AvgIpc) is 3.25. The van der Waals surface area contributed by atoms with Gasteiger partial charge in [-0.3, -0.25) is 4.79 Å². The van der Waals surface area contributed by atoms with E-state index >= 15 is 0 Å². The van der Waals surface area contributed by atoms with Crippen LogP contribution in [0.4, 0.5) is 0 Å². The summed E-state index contributed by atoms with van der Waals surface area (Å²) in [5.41, 5.74) is 2.08. The number of carbonyl (C=O) groups is 1. The zero-order valence-electron chi connectivity index (χ0n) is 11.5. The maximum atomic E-state index is 12.3. The molecular formula is C16H12N4OS. The molecule has 3 rings (SSSR count). The van der Waals surface area contributed by atoms with Crippen LogP contribution in [-0.2, 0) is 0 Å². The van der Waals surface area contributed by atoms with Gasteiger partial charge in [0.2, 0.25) is 0 Å². The van der Waals surface area contributed by atoms with Crippen LogP contribution in [0.3, 0.4) is 0 Å². The molecule has 6 heteroatoms. The zero-order chi connectivity index (χ0) is 15.4. The SMILES string of the molecule is N#C[C@H](NC(=O)c1cccc(-n2cccn2)c1)c1ccsc1. The lowest BCUT2D eigenvalue weighted by Gasteiger charge is -2.11. The van der Waals surface area contributed by atoms with E-state index in [0.29, 0.717) is 5.56 Å². The Labute approximate surface area is 131 Å². The normalized spacial score (nSPS) is 11.6. The predicted octanol–water partition coefficient (Wildman–Crippen LogP) is 2.93. The number of nitrogens with one attached hydrogen (secondary N) is 1. The number of hydrogen-bond acceptors (Lipinski definition) is 4. The van der Waals surface area contributed by atoms with E-state index in [4.69, 9.17) is 0 Å². The van der Waals surface area contributed by atoms with Gasteiger partial charge >= 0.3 is 0 Å². The second kappa shape index (κ2) is 6.24. The summed E-state index contributed by atoms with van der Waals surface area (Å²) in [5, 5.41) is 19.8. The number of benzene rings is 1. The minimum Gasteiger partial charge on any atom is -0.332 e. The molecule has 0 aliphatic heterocycles. The van der Waals surface area contributed by atoms with Crippen LogP contribution in [0.1, 0.15) is 22.0 Å². The molecule has 0 saturated heterocycles. The van der Waals surface area contributed by atoms with Gasteiger partial charge in [0.1, 0.15) is 6.04 Å². The summed E-state index contributed by atoms with van der Waals surface area (Å²) in [5.74, 6) is -0.285. The number of carbonyl (C=O) groups excluding carboxylic acids is 1. The minimum atomic E-state index is -0.646. The van der Waals surface area contributed by atoms with Gasteiger partial charge in [-0.05, 0) is 46.7 Å². The molecule has 2 aromatic heterocycles. The molecule has 108 valence electrons. The molecule has 1 amide bonds. The van der Waals surface area contributed by atoms with Gasteiger partial charge in [0, 0.05) is 18.0 Å². The Bertz CT molecular complexity index is 803. The average molecular weight is 308 g/mol. The van der Waals surface area contributed by atoms with Crippen molar-refractivity contribution in [3.63, 3.8) is 0 Å². The molecule has 5 nitrogen and oxygen atoms in total. The first kappa shape index (κ1) is 14.0. The van der Waals surface area contributed by atoms with E-state index in [1.165, 1.54) is 11.3 Å². The largest absolute Gasteiger partial charge is 0.332 e. The van der Waals surface area contributed by atoms with Crippen LogP contribution in [0.2, 0.25) is 0 Å². The topological polar surface area (TPSA) is 70.7 Å². The molecule has 22 heavy (non-hydrogen) atoms. The van der Waals surface area contributed by atoms with Crippen molar-refractivity contribution in [3.8, 4) is 11.8 Å². The van der Waals surface area contributed by atoms with Gasteiger partial charge < -0.3 is 5.32 Å². The second-order valence-electron chi connectivity index (χ2n) is 4.59. The summed E-state index contributed by atoms with van der Waals surface area (Å²) in [6.07, 6.45) is 3.48. The van der Waals surface area contributed by atoms with E-state index in [9.17, 15) is 10.1 Å². The number of hydrogen-bond donors (Lipinski definition) is 1. The quantitative estimate of drug-likeness (QED) is 0.805. The van der Waals surface area contributed by atoms with Crippen molar-refractivity contribution in [1.29, 1.82) is 5.26 Å². The highest BCUT2D eigenvalue weighted by molar-refractivity contribution is 7.08. The molecular weight excluding hydrogens is 296 g/mol. The van der Waals surface area contributed by atoms with Crippen molar-refractivity contribution in [1.82, 2.24) is 15.1 Å². The number of nitrogens with zero attached hydrogens (tertiary/aromatic N) is 3. The molecule has 0 bridgehead atoms. The Balaban J connectivity index is 1.81. The van der Waals surface area contributed by atoms with Crippen molar-refractivity contribution in [3.05, 3.63) is 70.7 Å². The van der Waals surface area contributed by atoms with Crippen LogP contribution in [-0.4, -0.2) is 15.7 Å². The fraction of sp³-hybridized carbons (Fsp3) is 0.0625. The van der Waals surface area contributed by atoms with Gasteiger partial charge in [-0.1, -0.05) is 6.07 Å². The molecule has 0 fully saturated rings. The number of amides is 1. The first-order valence-electron chi connectivity index (χ1n) is 6.60. The summed E-state index contributed by atoms with van der Waals surface area (Å²) >= 11 is 1.49. The van der Waals surface area contributed by atoms with Crippen molar-refractivity contribution >= 4 is 17.2 Å². The highest BCUT2D eigenvalue weighted by atomic mass is 32.1. The van der Waals surface area contributed by atoms with Gasteiger partial charge in [-0.2, -0.15) is 21.7 Å². The third-order valence-electron chi connectivity index (χ3n) is 3.16. The van der Waals surface area contributed by atoms with Gasteiger partial charge in [-0.15, -0.1) is 0 Å². The minimum absolute atomic E-state index is 0.285. The van der Waals surface area contributed by atoms with Crippen molar-refractivity contribution < 1.29 is 4.79 Å². The van der Waals surface area contributed by atoms with Gasteiger partial charge in [0.15, 0.2) is 0 Å². The van der Waals surface area contributed by atoms with Crippen LogP contribution < -0.4 is 5.32 Å². The Morgan fingerprint density at radius 1 is 1.36 bits per heavy atom. The summed E-state index contributed by atoms with van der Waals surface area (Å²) in [4.78, 5) is 12.3. The van der Waals surface area contributed by atoms with Gasteiger partial charge in [0.05, 0.1) is 11.8 Å². The van der Waals surface area contributed by atoms with E-state index in [2.05, 4.69) is 16.5 Å². The van der Waals surface area contributed by atoms with E-state index in [1.54, 1.807) is 35.3 Å². The van der Waals surface area contributed by atoms with Crippen molar-refractivity contribution in [2.75, 3.05) is 0 Å². The standard InChI is InChI=1S/C16H12N4OS/c17-10-15(13-5-8-22-11-13)19-16(21)12-3-1-4-14(9-12)20-7-2-6-18-20/h1-9,11,15H,(H,19,21)/t15-/m0/s1. The number of rotatable bonds is 4. The lowest BCUT2D eigenvalue weighted by Crippen LogP contribution is -2.27. The van der Waals surface area contributed by atoms with Crippen LogP contribution in [0.15, 0.2) is 59.6 Å². The molecule has 1 aromatic carbocycles. The molecule has 0 unspecified atom stereocenters. The molecule has 1 N–H and O–H groups in total. The Morgan fingerprint density at radius 3 is 2.95 bits per heavy atom. The number of aromatic nitrogens is 2. The smallest absolute Gasteiger partial charge is 0.252 e. The summed E-state index contributed by atoms with van der Waals surface area (Å²) < 4.78 is 1.68. The molecule has 0 aliphatic carbocycles. The van der Waals surface area contributed by atoms with E-state index in [1.807, 2.05) is 29.0 Å². The zero-order valence-corrected chi connectivity index (χ0v) is 12.3. The van der Waals surface area contributed by atoms with Crippen molar-refractivity contribution in [2.45, 2.75) is 6.04 Å². The first-order valence-corrected chi connectivity index (χ1v) is 7.55. The van der Waals surface area contributed by atoms with Crippen LogP contribution >= 0.6 is 11.3 Å². The Hall–Kier alpha value is -2.91. The summed E-state index contributed by atoms with van der Waals surface area (Å²) in [6.45, 7) is 0. The van der Waals surface area contributed by atoms with Crippen LogP contribution in [0.25, 0.3) is 5.69 Å². The van der Waals surface area contributed by atoms with Crippen molar-refractivity contribution in [2.24, 2.45) is 0 Å². The Morgan fingerprint density at radius 2 is 2.27 bits per heavy atom. The fourth-order valence-electron chi connectivity index (χ4n) is 2.06. The Kier molecular flexibility index (Phi) is 3.99. The maximum Gasteiger partial charge on any atom is 0.252 e. The molecule has 2 heterocycles. The van der Waals surface area contributed by atoms with Crippen LogP contribution in [0, 0.1) is 11.3 Å². The number of thiophene rings is 1. The highest BCUT2D eigenvalue weighted by Gasteiger charge is 2.15. The highest BCUT2D eigenvalue weighted by Crippen LogP contribution is 2.17. The summed E-state index contributed by atoms with van der Waals surface area (Å²) in [6, 6.07) is 12.2. The van der Waals surface area contributed by atoms with E-state index < -0.39 is 6.04 Å². The van der Waals surface area contributed by atoms with Gasteiger partial charge in [-0.25, -0.2) is 4.68 Å². The molecule has 1 atom stereocenters. The lowest BCUT2D eigenvalue weighted by molar-refractivity contribution is 0.0945. The third kappa shape index (κ3) is 2.90. The van der Waals surface area contributed by atoms with Gasteiger partial charge in [0.25, 0.3) is 5.91 Å². The molecule has 3 aromatic rings.